The van der Waals surface area contributed by atoms with E-state index in [2.05, 4.69) is 6.07 Å². The van der Waals surface area contributed by atoms with Crippen LogP contribution >= 0.6 is 0 Å². The van der Waals surface area contributed by atoms with Crippen LogP contribution < -0.4 is 14.4 Å². The van der Waals surface area contributed by atoms with Crippen LogP contribution in [0.4, 0.5) is 5.69 Å². The second-order valence-corrected chi connectivity index (χ2v) is 5.92. The Morgan fingerprint density at radius 1 is 1.17 bits per heavy atom. The van der Waals surface area contributed by atoms with E-state index in [0.717, 1.165) is 30.8 Å². The van der Waals surface area contributed by atoms with Gasteiger partial charge in [0, 0.05) is 18.3 Å². The molecular formula is C20H23NO3. The fourth-order valence-electron chi connectivity index (χ4n) is 3.08. The van der Waals surface area contributed by atoms with Crippen molar-refractivity contribution in [3.8, 4) is 11.5 Å². The molecule has 1 atom stereocenters. The third kappa shape index (κ3) is 3.37. The van der Waals surface area contributed by atoms with Crippen LogP contribution in [0.5, 0.6) is 11.5 Å². The maximum Gasteiger partial charge on any atom is 0.268 e. The Bertz CT molecular complexity index is 714. The maximum absolute atomic E-state index is 13.0. The van der Waals surface area contributed by atoms with Gasteiger partial charge in [0.15, 0.2) is 6.10 Å². The van der Waals surface area contributed by atoms with Crippen molar-refractivity contribution < 1.29 is 14.3 Å². The molecule has 0 aliphatic carbocycles. The van der Waals surface area contributed by atoms with E-state index in [1.165, 1.54) is 5.56 Å². The highest BCUT2D eigenvalue weighted by atomic mass is 16.5. The molecule has 24 heavy (non-hydrogen) atoms. The molecule has 1 aliphatic heterocycles. The standard InChI is InChI=1S/C20H23NO3/c1-3-19(24-17-11-6-10-16(14-17)23-2)20(22)21-13-7-9-15-8-4-5-12-18(15)21/h4-6,8,10-12,14,19H,3,7,9,13H2,1-2H3/t19-/m1/s1. The lowest BCUT2D eigenvalue weighted by molar-refractivity contribution is -0.125. The number of nitrogens with zero attached hydrogens (tertiary/aromatic N) is 1. The molecule has 0 N–H and O–H groups in total. The number of hydrogen-bond acceptors (Lipinski definition) is 3. The van der Waals surface area contributed by atoms with Crippen molar-refractivity contribution in [2.45, 2.75) is 32.3 Å². The molecule has 4 heteroatoms. The summed E-state index contributed by atoms with van der Waals surface area (Å²) in [7, 11) is 1.62. The average Bonchev–Trinajstić information content (AvgIpc) is 2.65. The van der Waals surface area contributed by atoms with Gasteiger partial charge >= 0.3 is 0 Å². The predicted molar refractivity (Wildman–Crippen MR) is 94.8 cm³/mol. The van der Waals surface area contributed by atoms with E-state index in [4.69, 9.17) is 9.47 Å². The molecule has 0 spiro atoms. The summed E-state index contributed by atoms with van der Waals surface area (Å²) in [6.45, 7) is 2.71. The number of hydrogen-bond donors (Lipinski definition) is 0. The summed E-state index contributed by atoms with van der Waals surface area (Å²) in [5.74, 6) is 1.39. The molecule has 0 unspecified atom stereocenters. The summed E-state index contributed by atoms with van der Waals surface area (Å²) in [6, 6.07) is 15.5. The monoisotopic (exact) mass is 325 g/mol. The fraction of sp³-hybridized carbons (Fsp3) is 0.350. The van der Waals surface area contributed by atoms with Crippen molar-refractivity contribution >= 4 is 11.6 Å². The first kappa shape index (κ1) is 16.4. The summed E-state index contributed by atoms with van der Waals surface area (Å²) in [6.07, 6.45) is 2.13. The Hall–Kier alpha value is -2.49. The molecule has 2 aromatic carbocycles. The molecule has 4 nitrogen and oxygen atoms in total. The second-order valence-electron chi connectivity index (χ2n) is 5.92. The van der Waals surface area contributed by atoms with Gasteiger partial charge in [0.2, 0.25) is 0 Å². The minimum Gasteiger partial charge on any atom is -0.497 e. The summed E-state index contributed by atoms with van der Waals surface area (Å²) < 4.78 is 11.2. The van der Waals surface area contributed by atoms with Gasteiger partial charge in [0.25, 0.3) is 5.91 Å². The number of carbonyl (C=O) groups excluding carboxylic acids is 1. The highest BCUT2D eigenvalue weighted by Gasteiger charge is 2.29. The van der Waals surface area contributed by atoms with Crippen molar-refractivity contribution in [3.05, 3.63) is 54.1 Å². The molecule has 1 heterocycles. The number of anilines is 1. The lowest BCUT2D eigenvalue weighted by atomic mass is 10.0. The minimum atomic E-state index is -0.497. The van der Waals surface area contributed by atoms with Gasteiger partial charge in [-0.2, -0.15) is 0 Å². The molecule has 0 saturated heterocycles. The molecule has 1 amide bonds. The predicted octanol–water partition coefficient (Wildman–Crippen LogP) is 3.83. The van der Waals surface area contributed by atoms with E-state index in [1.807, 2.05) is 48.2 Å². The van der Waals surface area contributed by atoms with Gasteiger partial charge in [-0.1, -0.05) is 31.2 Å². The quantitative estimate of drug-likeness (QED) is 0.838. The van der Waals surface area contributed by atoms with Crippen LogP contribution in [0.1, 0.15) is 25.3 Å². The van der Waals surface area contributed by atoms with Crippen molar-refractivity contribution in [3.63, 3.8) is 0 Å². The van der Waals surface area contributed by atoms with Gasteiger partial charge in [-0.25, -0.2) is 0 Å². The number of benzene rings is 2. The maximum atomic E-state index is 13.0. The van der Waals surface area contributed by atoms with Gasteiger partial charge in [0.1, 0.15) is 11.5 Å². The minimum absolute atomic E-state index is 0.0208. The molecule has 0 saturated carbocycles. The Morgan fingerprint density at radius 2 is 1.96 bits per heavy atom. The van der Waals surface area contributed by atoms with E-state index < -0.39 is 6.10 Å². The summed E-state index contributed by atoms with van der Waals surface area (Å²) >= 11 is 0. The molecule has 1 aliphatic rings. The Morgan fingerprint density at radius 3 is 2.75 bits per heavy atom. The molecular weight excluding hydrogens is 302 g/mol. The third-order valence-corrected chi connectivity index (χ3v) is 4.34. The number of aryl methyl sites for hydroxylation is 1. The normalized spacial score (nSPS) is 14.7. The number of carbonyl (C=O) groups is 1. The van der Waals surface area contributed by atoms with Gasteiger partial charge in [-0.3, -0.25) is 4.79 Å². The SMILES string of the molecule is CC[C@@H](Oc1cccc(OC)c1)C(=O)N1CCCc2ccccc21. The first-order valence-corrected chi connectivity index (χ1v) is 8.43. The average molecular weight is 325 g/mol. The highest BCUT2D eigenvalue weighted by Crippen LogP contribution is 2.28. The zero-order chi connectivity index (χ0) is 16.9. The van der Waals surface area contributed by atoms with Crippen LogP contribution in [0.25, 0.3) is 0 Å². The molecule has 2 aromatic rings. The van der Waals surface area contributed by atoms with Crippen molar-refractivity contribution in [2.75, 3.05) is 18.6 Å². The van der Waals surface area contributed by atoms with E-state index >= 15 is 0 Å². The topological polar surface area (TPSA) is 38.8 Å². The van der Waals surface area contributed by atoms with Crippen LogP contribution in [-0.2, 0) is 11.2 Å². The molecule has 0 radical (unpaired) electrons. The van der Waals surface area contributed by atoms with E-state index in [9.17, 15) is 4.79 Å². The second kappa shape index (κ2) is 7.39. The van der Waals surface area contributed by atoms with Crippen LogP contribution in [0.3, 0.4) is 0 Å². The first-order chi connectivity index (χ1) is 11.7. The van der Waals surface area contributed by atoms with Crippen molar-refractivity contribution in [1.82, 2.24) is 0 Å². The Labute approximate surface area is 143 Å². The van der Waals surface area contributed by atoms with E-state index in [0.29, 0.717) is 12.2 Å². The zero-order valence-electron chi connectivity index (χ0n) is 14.2. The highest BCUT2D eigenvalue weighted by molar-refractivity contribution is 5.97. The zero-order valence-corrected chi connectivity index (χ0v) is 14.2. The number of rotatable bonds is 5. The molecule has 0 fully saturated rings. The lowest BCUT2D eigenvalue weighted by Gasteiger charge is -2.32. The first-order valence-electron chi connectivity index (χ1n) is 8.43. The van der Waals surface area contributed by atoms with E-state index in [1.54, 1.807) is 13.2 Å². The summed E-state index contributed by atoms with van der Waals surface area (Å²) in [5, 5.41) is 0. The van der Waals surface area contributed by atoms with Gasteiger partial charge in [0.05, 0.1) is 7.11 Å². The molecule has 3 rings (SSSR count). The smallest absolute Gasteiger partial charge is 0.268 e. The Balaban J connectivity index is 1.80. The number of fused-ring (bicyclic) bond motifs is 1. The van der Waals surface area contributed by atoms with Gasteiger partial charge in [-0.05, 0) is 43.0 Å². The summed E-state index contributed by atoms with van der Waals surface area (Å²) in [5.41, 5.74) is 2.25. The van der Waals surface area contributed by atoms with Gasteiger partial charge < -0.3 is 14.4 Å². The lowest BCUT2D eigenvalue weighted by Crippen LogP contribution is -2.44. The largest absolute Gasteiger partial charge is 0.497 e. The number of amides is 1. The fourth-order valence-corrected chi connectivity index (χ4v) is 3.08. The number of methoxy groups -OCH3 is 1. The molecule has 0 aromatic heterocycles. The number of para-hydroxylation sites is 1. The summed E-state index contributed by atoms with van der Waals surface area (Å²) in [4.78, 5) is 14.9. The molecule has 126 valence electrons. The van der Waals surface area contributed by atoms with Gasteiger partial charge in [-0.15, -0.1) is 0 Å². The van der Waals surface area contributed by atoms with Crippen LogP contribution in [0.15, 0.2) is 48.5 Å². The Kier molecular flexibility index (Phi) is 5.04. The number of ether oxygens (including phenoxy) is 2. The van der Waals surface area contributed by atoms with E-state index in [-0.39, 0.29) is 5.91 Å². The van der Waals surface area contributed by atoms with Crippen LogP contribution in [0, 0.1) is 0 Å². The van der Waals surface area contributed by atoms with Crippen molar-refractivity contribution in [2.24, 2.45) is 0 Å². The van der Waals surface area contributed by atoms with Crippen molar-refractivity contribution in [1.29, 1.82) is 0 Å². The van der Waals surface area contributed by atoms with Crippen LogP contribution in [-0.4, -0.2) is 25.7 Å². The van der Waals surface area contributed by atoms with Crippen LogP contribution in [0.2, 0.25) is 0 Å². The third-order valence-electron chi connectivity index (χ3n) is 4.34. The molecule has 0 bridgehead atoms.